The SMILES string of the molecule is O=C(CCn1cc(-c2cc3cccnc3[nH]2)nn1)c1c[nH]c2ncccc12. The van der Waals surface area contributed by atoms with E-state index in [4.69, 9.17) is 0 Å². The Morgan fingerprint density at radius 2 is 1.96 bits per heavy atom. The first-order valence-electron chi connectivity index (χ1n) is 8.57. The lowest BCUT2D eigenvalue weighted by molar-refractivity contribution is 0.0977. The molecule has 8 heteroatoms. The molecule has 2 N–H and O–H groups in total. The molecule has 5 rings (SSSR count). The Bertz CT molecular complexity index is 1230. The van der Waals surface area contributed by atoms with Crippen molar-refractivity contribution in [2.75, 3.05) is 0 Å². The van der Waals surface area contributed by atoms with Gasteiger partial charge in [-0.1, -0.05) is 5.21 Å². The molecule has 132 valence electrons. The molecular formula is C19H15N7O. The summed E-state index contributed by atoms with van der Waals surface area (Å²) in [6.45, 7) is 0.456. The maximum absolute atomic E-state index is 12.6. The number of rotatable bonds is 5. The topological polar surface area (TPSA) is 105 Å². The van der Waals surface area contributed by atoms with Gasteiger partial charge in [-0.2, -0.15) is 0 Å². The van der Waals surface area contributed by atoms with Crippen molar-refractivity contribution in [1.82, 2.24) is 34.9 Å². The minimum atomic E-state index is 0.0427. The van der Waals surface area contributed by atoms with Crippen molar-refractivity contribution in [2.24, 2.45) is 0 Å². The monoisotopic (exact) mass is 357 g/mol. The Kier molecular flexibility index (Phi) is 3.53. The first kappa shape index (κ1) is 15.4. The van der Waals surface area contributed by atoms with Crippen LogP contribution < -0.4 is 0 Å². The number of carbonyl (C=O) groups excluding carboxylic acids is 1. The highest BCUT2D eigenvalue weighted by atomic mass is 16.1. The van der Waals surface area contributed by atoms with Gasteiger partial charge in [0.15, 0.2) is 5.78 Å². The number of fused-ring (bicyclic) bond motifs is 2. The van der Waals surface area contributed by atoms with E-state index < -0.39 is 0 Å². The Labute approximate surface area is 153 Å². The Hall–Kier alpha value is -3.81. The predicted molar refractivity (Wildman–Crippen MR) is 100 cm³/mol. The van der Waals surface area contributed by atoms with Crippen molar-refractivity contribution < 1.29 is 4.79 Å². The number of pyridine rings is 2. The summed E-state index contributed by atoms with van der Waals surface area (Å²) in [6.07, 6.45) is 7.31. The molecule has 0 aliphatic carbocycles. The largest absolute Gasteiger partial charge is 0.345 e. The van der Waals surface area contributed by atoms with Gasteiger partial charge in [-0.05, 0) is 30.3 Å². The minimum absolute atomic E-state index is 0.0427. The molecule has 0 atom stereocenters. The van der Waals surface area contributed by atoms with E-state index in [1.807, 2.05) is 36.5 Å². The summed E-state index contributed by atoms with van der Waals surface area (Å²) in [5.41, 5.74) is 3.75. The van der Waals surface area contributed by atoms with Gasteiger partial charge in [0.25, 0.3) is 0 Å². The van der Waals surface area contributed by atoms with Crippen LogP contribution in [-0.4, -0.2) is 40.7 Å². The number of nitrogens with zero attached hydrogens (tertiary/aromatic N) is 5. The zero-order valence-corrected chi connectivity index (χ0v) is 14.3. The number of carbonyl (C=O) groups is 1. The molecule has 0 fully saturated rings. The van der Waals surface area contributed by atoms with Crippen LogP contribution in [0.25, 0.3) is 33.5 Å². The molecule has 0 bridgehead atoms. The van der Waals surface area contributed by atoms with E-state index in [0.29, 0.717) is 18.5 Å². The molecule has 0 amide bonds. The maximum Gasteiger partial charge on any atom is 0.166 e. The van der Waals surface area contributed by atoms with Crippen molar-refractivity contribution in [2.45, 2.75) is 13.0 Å². The molecule has 5 aromatic heterocycles. The van der Waals surface area contributed by atoms with Crippen molar-refractivity contribution in [1.29, 1.82) is 0 Å². The third-order valence-electron chi connectivity index (χ3n) is 4.53. The lowest BCUT2D eigenvalue weighted by Crippen LogP contribution is -2.06. The van der Waals surface area contributed by atoms with E-state index in [1.54, 1.807) is 23.3 Å². The highest BCUT2D eigenvalue weighted by Crippen LogP contribution is 2.21. The molecule has 0 radical (unpaired) electrons. The van der Waals surface area contributed by atoms with Gasteiger partial charge in [0.1, 0.15) is 17.0 Å². The average Bonchev–Trinajstić information content (AvgIpc) is 3.43. The summed E-state index contributed by atoms with van der Waals surface area (Å²) in [5, 5.41) is 10.2. The van der Waals surface area contributed by atoms with Crippen LogP contribution in [0.3, 0.4) is 0 Å². The lowest BCUT2D eigenvalue weighted by Gasteiger charge is -1.99. The summed E-state index contributed by atoms with van der Waals surface area (Å²) in [4.78, 5) is 27.3. The minimum Gasteiger partial charge on any atom is -0.345 e. The average molecular weight is 357 g/mol. The highest BCUT2D eigenvalue weighted by molar-refractivity contribution is 6.07. The first-order valence-corrected chi connectivity index (χ1v) is 8.57. The number of H-pyrrole nitrogens is 2. The molecule has 0 aromatic carbocycles. The van der Waals surface area contributed by atoms with E-state index in [2.05, 4.69) is 30.2 Å². The third-order valence-corrected chi connectivity index (χ3v) is 4.53. The van der Waals surface area contributed by atoms with Gasteiger partial charge in [-0.15, -0.1) is 5.10 Å². The second kappa shape index (κ2) is 6.17. The molecule has 5 heterocycles. The lowest BCUT2D eigenvalue weighted by atomic mass is 10.1. The van der Waals surface area contributed by atoms with Crippen LogP contribution >= 0.6 is 0 Å². The van der Waals surface area contributed by atoms with Crippen molar-refractivity contribution in [3.05, 3.63) is 60.7 Å². The second-order valence-corrected chi connectivity index (χ2v) is 6.27. The summed E-state index contributed by atoms with van der Waals surface area (Å²) in [6, 6.07) is 9.58. The molecule has 27 heavy (non-hydrogen) atoms. The summed E-state index contributed by atoms with van der Waals surface area (Å²) >= 11 is 0. The summed E-state index contributed by atoms with van der Waals surface area (Å²) in [5.74, 6) is 0.0427. The second-order valence-electron chi connectivity index (χ2n) is 6.27. The fourth-order valence-corrected chi connectivity index (χ4v) is 3.16. The van der Waals surface area contributed by atoms with E-state index >= 15 is 0 Å². The van der Waals surface area contributed by atoms with Gasteiger partial charge in [0.2, 0.25) is 0 Å². The first-order chi connectivity index (χ1) is 13.3. The van der Waals surface area contributed by atoms with Crippen LogP contribution in [0.4, 0.5) is 0 Å². The number of aromatic amines is 2. The van der Waals surface area contributed by atoms with Gasteiger partial charge >= 0.3 is 0 Å². The summed E-state index contributed by atoms with van der Waals surface area (Å²) in [7, 11) is 0. The number of Topliss-reactive ketones (excluding diaryl/α,β-unsaturated/α-hetero) is 1. The predicted octanol–water partition coefficient (Wildman–Crippen LogP) is 2.97. The molecule has 0 spiro atoms. The quantitative estimate of drug-likeness (QED) is 0.471. The zero-order chi connectivity index (χ0) is 18.2. The van der Waals surface area contributed by atoms with E-state index in [-0.39, 0.29) is 5.78 Å². The van der Waals surface area contributed by atoms with Crippen LogP contribution in [0.15, 0.2) is 55.1 Å². The normalized spacial score (nSPS) is 11.4. The highest BCUT2D eigenvalue weighted by Gasteiger charge is 2.13. The fraction of sp³-hybridized carbons (Fsp3) is 0.105. The molecule has 0 aliphatic rings. The molecule has 5 aromatic rings. The van der Waals surface area contributed by atoms with Gasteiger partial charge < -0.3 is 9.97 Å². The molecular weight excluding hydrogens is 342 g/mol. The van der Waals surface area contributed by atoms with E-state index in [1.165, 1.54) is 0 Å². The molecule has 0 saturated carbocycles. The van der Waals surface area contributed by atoms with Crippen molar-refractivity contribution in [3.63, 3.8) is 0 Å². The van der Waals surface area contributed by atoms with Crippen molar-refractivity contribution >= 4 is 27.9 Å². The van der Waals surface area contributed by atoms with Crippen LogP contribution in [-0.2, 0) is 6.54 Å². The zero-order valence-electron chi connectivity index (χ0n) is 14.3. The molecule has 0 aliphatic heterocycles. The Morgan fingerprint density at radius 3 is 2.85 bits per heavy atom. The van der Waals surface area contributed by atoms with Crippen LogP contribution in [0.2, 0.25) is 0 Å². The Morgan fingerprint density at radius 1 is 1.11 bits per heavy atom. The van der Waals surface area contributed by atoms with Crippen LogP contribution in [0.5, 0.6) is 0 Å². The van der Waals surface area contributed by atoms with Gasteiger partial charge in [0.05, 0.1) is 11.9 Å². The smallest absolute Gasteiger partial charge is 0.166 e. The van der Waals surface area contributed by atoms with Gasteiger partial charge in [0, 0.05) is 47.9 Å². The number of aromatic nitrogens is 7. The number of nitrogens with one attached hydrogen (secondary N) is 2. The molecule has 0 unspecified atom stereocenters. The third kappa shape index (κ3) is 2.77. The fourth-order valence-electron chi connectivity index (χ4n) is 3.16. The standard InChI is InChI=1S/C19H15N7O/c27-17(14-10-22-19-13(14)4-2-7-21-19)5-8-26-11-16(24-25-26)15-9-12-3-1-6-20-18(12)23-15/h1-4,6-7,9-11H,5,8H2,(H,20,23)(H,21,22). The maximum atomic E-state index is 12.6. The number of hydrogen-bond donors (Lipinski definition) is 2. The molecule has 0 saturated heterocycles. The van der Waals surface area contributed by atoms with E-state index in [0.717, 1.165) is 33.5 Å². The number of ketones is 1. The van der Waals surface area contributed by atoms with Gasteiger partial charge in [-0.25, -0.2) is 9.97 Å². The summed E-state index contributed by atoms with van der Waals surface area (Å²) < 4.78 is 1.68. The van der Waals surface area contributed by atoms with Crippen LogP contribution in [0.1, 0.15) is 16.8 Å². The van der Waals surface area contributed by atoms with E-state index in [9.17, 15) is 4.79 Å². The number of hydrogen-bond acceptors (Lipinski definition) is 5. The van der Waals surface area contributed by atoms with Gasteiger partial charge in [-0.3, -0.25) is 9.48 Å². The number of aryl methyl sites for hydroxylation is 1. The van der Waals surface area contributed by atoms with Crippen LogP contribution in [0, 0.1) is 0 Å². The van der Waals surface area contributed by atoms with Crippen molar-refractivity contribution in [3.8, 4) is 11.4 Å². The Balaban J connectivity index is 1.32. The molecule has 8 nitrogen and oxygen atoms in total.